The van der Waals surface area contributed by atoms with Gasteiger partial charge < -0.3 is 15.7 Å². The SMILES string of the molecule is CC(C)(C)c1ccc(C(O)CNC(=O)C2(n3cccn3)CCNCC2)cc1.Cl. The molecule has 1 amide bonds. The van der Waals surface area contributed by atoms with Crippen LogP contribution in [-0.4, -0.2) is 40.4 Å². The third kappa shape index (κ3) is 4.74. The van der Waals surface area contributed by atoms with Gasteiger partial charge in [-0.2, -0.15) is 5.10 Å². The highest BCUT2D eigenvalue weighted by Crippen LogP contribution is 2.28. The van der Waals surface area contributed by atoms with Gasteiger partial charge in [0.15, 0.2) is 0 Å². The number of nitrogens with zero attached hydrogens (tertiary/aromatic N) is 2. The molecule has 1 aromatic heterocycles. The van der Waals surface area contributed by atoms with Crippen molar-refractivity contribution in [2.75, 3.05) is 19.6 Å². The lowest BCUT2D eigenvalue weighted by molar-refractivity contribution is -0.132. The molecule has 2 heterocycles. The number of nitrogens with one attached hydrogen (secondary N) is 2. The van der Waals surface area contributed by atoms with Crippen molar-refractivity contribution < 1.29 is 9.90 Å². The van der Waals surface area contributed by atoms with Crippen LogP contribution < -0.4 is 10.6 Å². The second-order valence-corrected chi connectivity index (χ2v) is 8.33. The van der Waals surface area contributed by atoms with Crippen molar-refractivity contribution in [3.05, 3.63) is 53.9 Å². The molecule has 28 heavy (non-hydrogen) atoms. The first kappa shape index (κ1) is 22.4. The maximum atomic E-state index is 13.0. The Balaban J connectivity index is 0.00000280. The average molecular weight is 407 g/mol. The lowest BCUT2D eigenvalue weighted by atomic mass is 9.86. The first-order valence-electron chi connectivity index (χ1n) is 9.61. The predicted octanol–water partition coefficient (Wildman–Crippen LogP) is 2.53. The van der Waals surface area contributed by atoms with Crippen LogP contribution in [0.2, 0.25) is 0 Å². The van der Waals surface area contributed by atoms with Crippen molar-refractivity contribution in [3.63, 3.8) is 0 Å². The van der Waals surface area contributed by atoms with Gasteiger partial charge in [-0.3, -0.25) is 9.48 Å². The zero-order valence-electron chi connectivity index (χ0n) is 16.8. The molecule has 2 aromatic rings. The molecule has 0 spiro atoms. The smallest absolute Gasteiger partial charge is 0.248 e. The van der Waals surface area contributed by atoms with Gasteiger partial charge in [-0.25, -0.2) is 0 Å². The van der Waals surface area contributed by atoms with Crippen LogP contribution in [0.15, 0.2) is 42.7 Å². The Kier molecular flexibility index (Phi) is 7.26. The molecular weight excluding hydrogens is 376 g/mol. The molecule has 1 unspecified atom stereocenters. The van der Waals surface area contributed by atoms with Crippen molar-refractivity contribution in [3.8, 4) is 0 Å². The third-order valence-electron chi connectivity index (χ3n) is 5.41. The summed E-state index contributed by atoms with van der Waals surface area (Å²) in [5.74, 6) is -0.0851. The molecule has 7 heteroatoms. The van der Waals surface area contributed by atoms with E-state index < -0.39 is 11.6 Å². The molecule has 1 aliphatic heterocycles. The highest BCUT2D eigenvalue weighted by atomic mass is 35.5. The van der Waals surface area contributed by atoms with E-state index in [1.54, 1.807) is 10.9 Å². The number of rotatable bonds is 5. The summed E-state index contributed by atoms with van der Waals surface area (Å²) in [6, 6.07) is 9.79. The number of carbonyl (C=O) groups is 1. The van der Waals surface area contributed by atoms with E-state index in [2.05, 4.69) is 36.5 Å². The fourth-order valence-corrected chi connectivity index (χ4v) is 3.60. The quantitative estimate of drug-likeness (QED) is 0.712. The number of aliphatic hydroxyl groups excluding tert-OH is 1. The van der Waals surface area contributed by atoms with Gasteiger partial charge in [0.2, 0.25) is 5.91 Å². The highest BCUT2D eigenvalue weighted by molar-refractivity contribution is 5.85. The Bertz CT molecular complexity index is 748. The summed E-state index contributed by atoms with van der Waals surface area (Å²) in [6.45, 7) is 8.20. The van der Waals surface area contributed by atoms with Crippen LogP contribution in [0.25, 0.3) is 0 Å². The number of aliphatic hydroxyl groups is 1. The van der Waals surface area contributed by atoms with Gasteiger partial charge in [-0.15, -0.1) is 12.4 Å². The fraction of sp³-hybridized carbons (Fsp3) is 0.524. The lowest BCUT2D eigenvalue weighted by Crippen LogP contribution is -2.55. The standard InChI is InChI=1S/C21H30N4O2.ClH/c1-20(2,3)17-7-5-16(6-8-17)18(26)15-23-19(27)21(9-12-22-13-10-21)25-14-4-11-24-25;/h4-8,11,14,18,22,26H,9-10,12-13,15H2,1-3H3,(H,23,27);1H. The molecule has 154 valence electrons. The third-order valence-corrected chi connectivity index (χ3v) is 5.41. The Morgan fingerprint density at radius 2 is 1.93 bits per heavy atom. The maximum absolute atomic E-state index is 13.0. The number of hydrogen-bond donors (Lipinski definition) is 3. The molecule has 1 saturated heterocycles. The van der Waals surface area contributed by atoms with E-state index >= 15 is 0 Å². The molecule has 3 N–H and O–H groups in total. The van der Waals surface area contributed by atoms with Gasteiger partial charge in [0.1, 0.15) is 5.54 Å². The zero-order chi connectivity index (χ0) is 19.5. The number of halogens is 1. The minimum atomic E-state index is -0.737. The average Bonchev–Trinajstić information content (AvgIpc) is 3.21. The van der Waals surface area contributed by atoms with E-state index in [1.807, 2.05) is 36.5 Å². The van der Waals surface area contributed by atoms with Crippen LogP contribution in [-0.2, 0) is 15.7 Å². The van der Waals surface area contributed by atoms with E-state index in [4.69, 9.17) is 0 Å². The summed E-state index contributed by atoms with van der Waals surface area (Å²) >= 11 is 0. The molecule has 3 rings (SSSR count). The molecule has 6 nitrogen and oxygen atoms in total. The molecule has 0 saturated carbocycles. The minimum absolute atomic E-state index is 0. The van der Waals surface area contributed by atoms with Gasteiger partial charge in [0.25, 0.3) is 0 Å². The normalized spacial score (nSPS) is 17.4. The van der Waals surface area contributed by atoms with Crippen LogP contribution in [0.1, 0.15) is 50.8 Å². The monoisotopic (exact) mass is 406 g/mol. The molecule has 0 radical (unpaired) electrons. The Labute approximate surface area is 173 Å². The first-order valence-corrected chi connectivity index (χ1v) is 9.61. The van der Waals surface area contributed by atoms with Crippen molar-refractivity contribution in [1.29, 1.82) is 0 Å². The molecular formula is C21H31ClN4O2. The summed E-state index contributed by atoms with van der Waals surface area (Å²) in [5.41, 5.74) is 1.41. The van der Waals surface area contributed by atoms with Gasteiger partial charge in [-0.05, 0) is 48.5 Å². The van der Waals surface area contributed by atoms with Crippen LogP contribution in [0, 0.1) is 0 Å². The maximum Gasteiger partial charge on any atom is 0.248 e. The number of hydrogen-bond acceptors (Lipinski definition) is 4. The molecule has 1 aromatic carbocycles. The second-order valence-electron chi connectivity index (χ2n) is 8.33. The number of carbonyl (C=O) groups excluding carboxylic acids is 1. The van der Waals surface area contributed by atoms with Crippen LogP contribution in [0.4, 0.5) is 0 Å². The predicted molar refractivity (Wildman–Crippen MR) is 113 cm³/mol. The van der Waals surface area contributed by atoms with Crippen molar-refractivity contribution in [2.45, 2.75) is 50.7 Å². The summed E-state index contributed by atoms with van der Waals surface area (Å²) in [4.78, 5) is 13.0. The second kappa shape index (κ2) is 9.07. The van der Waals surface area contributed by atoms with Crippen LogP contribution in [0.5, 0.6) is 0 Å². The van der Waals surface area contributed by atoms with E-state index in [9.17, 15) is 9.90 Å². The van der Waals surface area contributed by atoms with Crippen LogP contribution >= 0.6 is 12.4 Å². The molecule has 0 aliphatic carbocycles. The lowest BCUT2D eigenvalue weighted by Gasteiger charge is -2.36. The number of benzene rings is 1. The largest absolute Gasteiger partial charge is 0.387 e. The van der Waals surface area contributed by atoms with E-state index in [-0.39, 0.29) is 30.3 Å². The Morgan fingerprint density at radius 3 is 2.46 bits per heavy atom. The van der Waals surface area contributed by atoms with Gasteiger partial charge in [0, 0.05) is 18.9 Å². The fourth-order valence-electron chi connectivity index (χ4n) is 3.60. The Morgan fingerprint density at radius 1 is 1.29 bits per heavy atom. The molecule has 1 fully saturated rings. The van der Waals surface area contributed by atoms with E-state index in [1.165, 1.54) is 5.56 Å². The summed E-state index contributed by atoms with van der Waals surface area (Å²) in [6.07, 6.45) is 4.16. The van der Waals surface area contributed by atoms with Gasteiger partial charge in [0.05, 0.1) is 6.10 Å². The van der Waals surface area contributed by atoms with Crippen molar-refractivity contribution in [1.82, 2.24) is 20.4 Å². The summed E-state index contributed by atoms with van der Waals surface area (Å²) < 4.78 is 1.76. The minimum Gasteiger partial charge on any atom is -0.387 e. The van der Waals surface area contributed by atoms with Gasteiger partial charge >= 0.3 is 0 Å². The van der Waals surface area contributed by atoms with Gasteiger partial charge in [-0.1, -0.05) is 45.0 Å². The van der Waals surface area contributed by atoms with Crippen molar-refractivity contribution in [2.24, 2.45) is 0 Å². The van der Waals surface area contributed by atoms with E-state index in [0.717, 1.165) is 18.7 Å². The topological polar surface area (TPSA) is 79.2 Å². The zero-order valence-corrected chi connectivity index (χ0v) is 17.6. The molecule has 1 aliphatic rings. The number of aromatic nitrogens is 2. The molecule has 0 bridgehead atoms. The summed E-state index contributed by atoms with van der Waals surface area (Å²) in [7, 11) is 0. The van der Waals surface area contributed by atoms with Crippen LogP contribution in [0.3, 0.4) is 0 Å². The van der Waals surface area contributed by atoms with Crippen molar-refractivity contribution >= 4 is 18.3 Å². The Hall–Kier alpha value is -1.89. The van der Waals surface area contributed by atoms with E-state index in [0.29, 0.717) is 12.8 Å². The number of amides is 1. The first-order chi connectivity index (χ1) is 12.8. The summed E-state index contributed by atoms with van der Waals surface area (Å²) in [5, 5.41) is 21.1. The molecule has 1 atom stereocenters. The number of piperidine rings is 1. The highest BCUT2D eigenvalue weighted by Gasteiger charge is 2.41.